The van der Waals surface area contributed by atoms with E-state index in [1.165, 1.54) is 25.7 Å². The molecule has 1 aliphatic heterocycles. The lowest BCUT2D eigenvalue weighted by molar-refractivity contribution is 0.0562. The highest BCUT2D eigenvalue weighted by molar-refractivity contribution is 4.81. The molecule has 14 heavy (non-hydrogen) atoms. The van der Waals surface area contributed by atoms with Gasteiger partial charge in [-0.25, -0.2) is 0 Å². The quantitative estimate of drug-likeness (QED) is 0.622. The summed E-state index contributed by atoms with van der Waals surface area (Å²) in [4.78, 5) is 0. The molecule has 2 aliphatic rings. The summed E-state index contributed by atoms with van der Waals surface area (Å²) in [5.74, 6) is 0. The van der Waals surface area contributed by atoms with Gasteiger partial charge in [-0.15, -0.1) is 0 Å². The molecule has 1 saturated heterocycles. The van der Waals surface area contributed by atoms with Crippen LogP contribution in [0.15, 0.2) is 0 Å². The zero-order chi connectivity index (χ0) is 9.80. The lowest BCUT2D eigenvalue weighted by Crippen LogP contribution is -2.33. The second-order valence-electron chi connectivity index (χ2n) is 4.58. The molecule has 2 atom stereocenters. The van der Waals surface area contributed by atoms with Gasteiger partial charge in [-0.3, -0.25) is 0 Å². The van der Waals surface area contributed by atoms with E-state index in [-0.39, 0.29) is 0 Å². The summed E-state index contributed by atoms with van der Waals surface area (Å²) in [5, 5.41) is 6.93. The van der Waals surface area contributed by atoms with Crippen LogP contribution < -0.4 is 10.6 Å². The Hall–Kier alpha value is -0.120. The van der Waals surface area contributed by atoms with Crippen molar-refractivity contribution in [3.05, 3.63) is 0 Å². The topological polar surface area (TPSA) is 33.3 Å². The molecule has 0 spiro atoms. The van der Waals surface area contributed by atoms with E-state index in [4.69, 9.17) is 4.74 Å². The highest BCUT2D eigenvalue weighted by Crippen LogP contribution is 2.18. The molecule has 1 aliphatic carbocycles. The molecule has 2 fully saturated rings. The Kier molecular flexibility index (Phi) is 3.79. The maximum absolute atomic E-state index is 5.72. The van der Waals surface area contributed by atoms with Crippen LogP contribution in [-0.4, -0.2) is 37.9 Å². The lowest BCUT2D eigenvalue weighted by atomic mass is 10.2. The van der Waals surface area contributed by atoms with Gasteiger partial charge in [0.25, 0.3) is 0 Å². The molecule has 2 N–H and O–H groups in total. The summed E-state index contributed by atoms with van der Waals surface area (Å²) in [6, 6.07) is 0.833. The molecule has 0 aromatic heterocycles. The van der Waals surface area contributed by atoms with Gasteiger partial charge in [-0.1, -0.05) is 0 Å². The van der Waals surface area contributed by atoms with Gasteiger partial charge in [0.1, 0.15) is 0 Å². The third-order valence-electron chi connectivity index (χ3n) is 3.00. The zero-order valence-electron chi connectivity index (χ0n) is 9.09. The molecule has 2 unspecified atom stereocenters. The Labute approximate surface area is 86.6 Å². The first-order valence-corrected chi connectivity index (χ1v) is 5.94. The molecule has 0 radical (unpaired) electrons. The van der Waals surface area contributed by atoms with Crippen molar-refractivity contribution in [2.24, 2.45) is 0 Å². The summed E-state index contributed by atoms with van der Waals surface area (Å²) >= 11 is 0. The fourth-order valence-electron chi connectivity index (χ4n) is 1.95. The van der Waals surface area contributed by atoms with E-state index >= 15 is 0 Å². The fourth-order valence-corrected chi connectivity index (χ4v) is 1.95. The molecule has 1 saturated carbocycles. The zero-order valence-corrected chi connectivity index (χ0v) is 9.09. The minimum absolute atomic E-state index is 0.464. The van der Waals surface area contributed by atoms with Crippen LogP contribution in [0.5, 0.6) is 0 Å². The number of hydrogen-bond acceptors (Lipinski definition) is 3. The average molecular weight is 198 g/mol. The summed E-state index contributed by atoms with van der Waals surface area (Å²) in [6.07, 6.45) is 6.15. The Morgan fingerprint density at radius 3 is 2.64 bits per heavy atom. The second kappa shape index (κ2) is 5.10. The first-order chi connectivity index (χ1) is 6.84. The van der Waals surface area contributed by atoms with E-state index in [2.05, 4.69) is 17.6 Å². The van der Waals surface area contributed by atoms with Crippen LogP contribution in [0.2, 0.25) is 0 Å². The van der Waals surface area contributed by atoms with E-state index in [0.717, 1.165) is 25.7 Å². The van der Waals surface area contributed by atoms with E-state index in [9.17, 15) is 0 Å². The molecular formula is C11H22N2O. The fraction of sp³-hybridized carbons (Fsp3) is 1.00. The summed E-state index contributed by atoms with van der Waals surface area (Å²) < 4.78 is 5.72. The van der Waals surface area contributed by atoms with Crippen LogP contribution in [0, 0.1) is 0 Å². The Morgan fingerprint density at radius 1 is 1.14 bits per heavy atom. The normalized spacial score (nSPS) is 32.4. The monoisotopic (exact) mass is 198 g/mol. The first kappa shape index (κ1) is 10.4. The van der Waals surface area contributed by atoms with Crippen molar-refractivity contribution in [3.8, 4) is 0 Å². The van der Waals surface area contributed by atoms with Gasteiger partial charge in [-0.2, -0.15) is 0 Å². The first-order valence-electron chi connectivity index (χ1n) is 5.94. The smallest absolute Gasteiger partial charge is 0.0704 e. The molecule has 3 heteroatoms. The summed E-state index contributed by atoms with van der Waals surface area (Å²) in [6.45, 7) is 5.36. The van der Waals surface area contributed by atoms with Crippen molar-refractivity contribution in [1.29, 1.82) is 0 Å². The molecule has 82 valence electrons. The Balaban J connectivity index is 1.42. The van der Waals surface area contributed by atoms with Crippen LogP contribution in [0.3, 0.4) is 0 Å². The molecule has 0 amide bonds. The molecule has 1 heterocycles. The number of hydrogen-bond donors (Lipinski definition) is 2. The molecule has 0 bridgehead atoms. The maximum Gasteiger partial charge on any atom is 0.0704 e. The number of nitrogens with one attached hydrogen (secondary N) is 2. The van der Waals surface area contributed by atoms with Crippen LogP contribution in [0.1, 0.15) is 32.6 Å². The van der Waals surface area contributed by atoms with Crippen molar-refractivity contribution in [1.82, 2.24) is 10.6 Å². The largest absolute Gasteiger partial charge is 0.374 e. The van der Waals surface area contributed by atoms with Gasteiger partial charge < -0.3 is 15.4 Å². The molecular weight excluding hydrogens is 176 g/mol. The van der Waals surface area contributed by atoms with Crippen LogP contribution in [0.4, 0.5) is 0 Å². The molecule has 3 nitrogen and oxygen atoms in total. The third kappa shape index (κ3) is 3.56. The highest BCUT2D eigenvalue weighted by atomic mass is 16.5. The van der Waals surface area contributed by atoms with Gasteiger partial charge in [0.2, 0.25) is 0 Å². The van der Waals surface area contributed by atoms with Gasteiger partial charge in [0, 0.05) is 25.7 Å². The van der Waals surface area contributed by atoms with Crippen molar-refractivity contribution < 1.29 is 4.74 Å². The van der Waals surface area contributed by atoms with Crippen molar-refractivity contribution in [2.45, 2.75) is 50.9 Å². The van der Waals surface area contributed by atoms with Gasteiger partial charge >= 0.3 is 0 Å². The second-order valence-corrected chi connectivity index (χ2v) is 4.58. The van der Waals surface area contributed by atoms with E-state index < -0.39 is 0 Å². The average Bonchev–Trinajstić information content (AvgIpc) is 2.89. The van der Waals surface area contributed by atoms with Crippen molar-refractivity contribution in [2.75, 3.05) is 19.6 Å². The summed E-state index contributed by atoms with van der Waals surface area (Å²) in [5.41, 5.74) is 0. The van der Waals surface area contributed by atoms with Crippen LogP contribution in [-0.2, 0) is 4.74 Å². The van der Waals surface area contributed by atoms with E-state index in [0.29, 0.717) is 12.2 Å². The van der Waals surface area contributed by atoms with Crippen molar-refractivity contribution in [3.63, 3.8) is 0 Å². The number of rotatable bonds is 6. The minimum Gasteiger partial charge on any atom is -0.374 e. The molecule has 2 rings (SSSR count). The van der Waals surface area contributed by atoms with Crippen molar-refractivity contribution >= 4 is 0 Å². The molecule has 0 aromatic carbocycles. The van der Waals surface area contributed by atoms with E-state index in [1.54, 1.807) is 0 Å². The SMILES string of the molecule is CC1CCC(CNCCNC2CC2)O1. The minimum atomic E-state index is 0.464. The van der Waals surface area contributed by atoms with Gasteiger partial charge in [0.05, 0.1) is 12.2 Å². The van der Waals surface area contributed by atoms with Gasteiger partial charge in [0.15, 0.2) is 0 Å². The van der Waals surface area contributed by atoms with Crippen LogP contribution in [0.25, 0.3) is 0 Å². The number of ether oxygens (including phenoxy) is 1. The Morgan fingerprint density at radius 2 is 2.00 bits per heavy atom. The Bertz CT molecular complexity index is 171. The third-order valence-corrected chi connectivity index (χ3v) is 3.00. The lowest BCUT2D eigenvalue weighted by Gasteiger charge is -2.12. The molecule has 0 aromatic rings. The predicted molar refractivity (Wildman–Crippen MR) is 57.5 cm³/mol. The standard InChI is InChI=1S/C11H22N2O/c1-9-2-5-11(14-9)8-12-6-7-13-10-3-4-10/h9-13H,2-8H2,1H3. The van der Waals surface area contributed by atoms with Gasteiger partial charge in [-0.05, 0) is 32.6 Å². The van der Waals surface area contributed by atoms with E-state index in [1.807, 2.05) is 0 Å². The predicted octanol–water partition coefficient (Wildman–Crippen LogP) is 0.895. The highest BCUT2D eigenvalue weighted by Gasteiger charge is 2.21. The summed E-state index contributed by atoms with van der Waals surface area (Å²) in [7, 11) is 0. The van der Waals surface area contributed by atoms with Crippen LogP contribution >= 0.6 is 0 Å². The maximum atomic E-state index is 5.72.